The summed E-state index contributed by atoms with van der Waals surface area (Å²) in [4.78, 5) is 4.25. The van der Waals surface area contributed by atoms with E-state index in [0.29, 0.717) is 6.04 Å². The van der Waals surface area contributed by atoms with Gasteiger partial charge in [0.05, 0.1) is 22.2 Å². The Bertz CT molecular complexity index is 240. The largest absolute Gasteiger partial charge is 0.307 e. The van der Waals surface area contributed by atoms with Crippen molar-refractivity contribution in [2.75, 3.05) is 6.54 Å². The molecule has 1 aliphatic heterocycles. The fraction of sp³-hybridized carbons (Fsp3) is 0.571. The SMILES string of the molecule is Brn1ccnc1[C@@H]1CCCN1. The number of nitrogens with one attached hydrogen (secondary N) is 1. The molecule has 0 saturated carbocycles. The molecule has 0 radical (unpaired) electrons. The van der Waals surface area contributed by atoms with Crippen LogP contribution >= 0.6 is 16.1 Å². The third-order valence-electron chi connectivity index (χ3n) is 2.00. The van der Waals surface area contributed by atoms with E-state index in [2.05, 4.69) is 26.4 Å². The minimum Gasteiger partial charge on any atom is -0.307 e. The van der Waals surface area contributed by atoms with Crippen LogP contribution in [0.15, 0.2) is 12.4 Å². The number of nitrogens with zero attached hydrogens (tertiary/aromatic N) is 2. The van der Waals surface area contributed by atoms with Crippen LogP contribution in [0.1, 0.15) is 24.7 Å². The molecule has 1 N–H and O–H groups in total. The molecule has 11 heavy (non-hydrogen) atoms. The molecular weight excluding hydrogens is 206 g/mol. The molecular formula is C7H10BrN3. The number of imidazole rings is 1. The Labute approximate surface area is 74.2 Å². The smallest absolute Gasteiger partial charge is 0.135 e. The van der Waals surface area contributed by atoms with Crippen molar-refractivity contribution in [2.45, 2.75) is 18.9 Å². The highest BCUT2D eigenvalue weighted by atomic mass is 79.9. The molecule has 3 nitrogen and oxygen atoms in total. The summed E-state index contributed by atoms with van der Waals surface area (Å²) in [7, 11) is 0. The van der Waals surface area contributed by atoms with Crippen LogP contribution in [-0.4, -0.2) is 15.1 Å². The fourth-order valence-corrected chi connectivity index (χ4v) is 1.89. The summed E-state index contributed by atoms with van der Waals surface area (Å²) in [6, 6.07) is 0.448. The predicted octanol–water partition coefficient (Wildman–Crippen LogP) is 1.47. The van der Waals surface area contributed by atoms with Crippen LogP contribution in [0, 0.1) is 0 Å². The quantitative estimate of drug-likeness (QED) is 0.770. The highest BCUT2D eigenvalue weighted by Gasteiger charge is 2.19. The lowest BCUT2D eigenvalue weighted by atomic mass is 10.2. The van der Waals surface area contributed by atoms with E-state index >= 15 is 0 Å². The van der Waals surface area contributed by atoms with Crippen molar-refractivity contribution < 1.29 is 0 Å². The van der Waals surface area contributed by atoms with Gasteiger partial charge in [-0.2, -0.15) is 0 Å². The van der Waals surface area contributed by atoms with Crippen molar-refractivity contribution in [3.8, 4) is 0 Å². The van der Waals surface area contributed by atoms with E-state index in [1.165, 1.54) is 12.8 Å². The molecule has 1 saturated heterocycles. The first kappa shape index (κ1) is 7.31. The van der Waals surface area contributed by atoms with Gasteiger partial charge >= 0.3 is 0 Å². The molecule has 60 valence electrons. The van der Waals surface area contributed by atoms with Gasteiger partial charge in [0.1, 0.15) is 5.82 Å². The maximum Gasteiger partial charge on any atom is 0.135 e. The topological polar surface area (TPSA) is 29.9 Å². The van der Waals surface area contributed by atoms with Crippen molar-refractivity contribution in [1.29, 1.82) is 0 Å². The molecule has 0 amide bonds. The first-order chi connectivity index (χ1) is 5.38. The van der Waals surface area contributed by atoms with E-state index < -0.39 is 0 Å². The summed E-state index contributed by atoms with van der Waals surface area (Å²) >= 11 is 3.39. The zero-order valence-corrected chi connectivity index (χ0v) is 7.71. The average Bonchev–Trinajstić information content (AvgIpc) is 2.55. The minimum atomic E-state index is 0.448. The average molecular weight is 216 g/mol. The monoisotopic (exact) mass is 215 g/mol. The number of rotatable bonds is 1. The van der Waals surface area contributed by atoms with Gasteiger partial charge < -0.3 is 5.32 Å². The predicted molar refractivity (Wildman–Crippen MR) is 46.5 cm³/mol. The Morgan fingerprint density at radius 2 is 2.64 bits per heavy atom. The number of hydrogen-bond acceptors (Lipinski definition) is 2. The van der Waals surface area contributed by atoms with Crippen LogP contribution in [-0.2, 0) is 0 Å². The van der Waals surface area contributed by atoms with Crippen molar-refractivity contribution in [3.63, 3.8) is 0 Å². The molecule has 1 fully saturated rings. The van der Waals surface area contributed by atoms with Crippen LogP contribution in [0.5, 0.6) is 0 Å². The fourth-order valence-electron chi connectivity index (χ4n) is 1.44. The Morgan fingerprint density at radius 1 is 1.73 bits per heavy atom. The molecule has 0 spiro atoms. The van der Waals surface area contributed by atoms with Gasteiger partial charge in [0.2, 0.25) is 0 Å². The Kier molecular flexibility index (Phi) is 1.96. The lowest BCUT2D eigenvalue weighted by molar-refractivity contribution is 0.608. The number of halogens is 1. The van der Waals surface area contributed by atoms with E-state index in [1.54, 1.807) is 0 Å². The molecule has 0 bridgehead atoms. The Hall–Kier alpha value is -0.350. The molecule has 0 unspecified atom stereocenters. The highest BCUT2D eigenvalue weighted by Crippen LogP contribution is 2.22. The standard InChI is InChI=1S/C7H10BrN3/c8-11-5-4-10-7(11)6-2-1-3-9-6/h4-6,9H,1-3H2/t6-/m0/s1. The van der Waals surface area contributed by atoms with Gasteiger partial charge in [-0.25, -0.2) is 4.98 Å². The zero-order chi connectivity index (χ0) is 7.68. The summed E-state index contributed by atoms with van der Waals surface area (Å²) in [5.74, 6) is 1.09. The van der Waals surface area contributed by atoms with Crippen molar-refractivity contribution in [2.24, 2.45) is 0 Å². The Morgan fingerprint density at radius 3 is 3.18 bits per heavy atom. The molecule has 1 atom stereocenters. The van der Waals surface area contributed by atoms with Crippen LogP contribution in [0.2, 0.25) is 0 Å². The minimum absolute atomic E-state index is 0.448. The molecule has 0 aromatic carbocycles. The second-order valence-electron chi connectivity index (χ2n) is 2.75. The highest BCUT2D eigenvalue weighted by molar-refractivity contribution is 9.08. The summed E-state index contributed by atoms with van der Waals surface area (Å²) in [6.07, 6.45) is 6.17. The molecule has 1 aliphatic rings. The van der Waals surface area contributed by atoms with E-state index in [9.17, 15) is 0 Å². The van der Waals surface area contributed by atoms with Crippen molar-refractivity contribution in [1.82, 2.24) is 13.9 Å². The second kappa shape index (κ2) is 2.95. The van der Waals surface area contributed by atoms with Crippen LogP contribution < -0.4 is 5.32 Å². The molecule has 4 heteroatoms. The van der Waals surface area contributed by atoms with E-state index in [0.717, 1.165) is 12.4 Å². The van der Waals surface area contributed by atoms with Gasteiger partial charge in [-0.3, -0.25) is 3.59 Å². The molecule has 2 rings (SSSR count). The number of hydrogen-bond donors (Lipinski definition) is 1. The maximum atomic E-state index is 4.25. The lowest BCUT2D eigenvalue weighted by Crippen LogP contribution is -2.15. The second-order valence-corrected chi connectivity index (χ2v) is 3.51. The first-order valence-corrected chi connectivity index (χ1v) is 4.51. The van der Waals surface area contributed by atoms with Crippen LogP contribution in [0.25, 0.3) is 0 Å². The lowest BCUT2D eigenvalue weighted by Gasteiger charge is -2.07. The number of aromatic nitrogens is 2. The van der Waals surface area contributed by atoms with Gasteiger partial charge in [-0.05, 0) is 19.4 Å². The Balaban J connectivity index is 2.21. The van der Waals surface area contributed by atoms with E-state index in [-0.39, 0.29) is 0 Å². The normalized spacial score (nSPS) is 24.3. The van der Waals surface area contributed by atoms with Crippen molar-refractivity contribution in [3.05, 3.63) is 18.2 Å². The molecule has 0 aliphatic carbocycles. The van der Waals surface area contributed by atoms with E-state index in [4.69, 9.17) is 0 Å². The first-order valence-electron chi connectivity index (χ1n) is 3.81. The van der Waals surface area contributed by atoms with Gasteiger partial charge in [0.15, 0.2) is 0 Å². The molecule has 1 aromatic rings. The maximum absolute atomic E-state index is 4.25. The van der Waals surface area contributed by atoms with Gasteiger partial charge in [0, 0.05) is 12.4 Å². The van der Waals surface area contributed by atoms with Gasteiger partial charge in [0.25, 0.3) is 0 Å². The van der Waals surface area contributed by atoms with Gasteiger partial charge in [-0.1, -0.05) is 0 Å². The van der Waals surface area contributed by atoms with Gasteiger partial charge in [-0.15, -0.1) is 0 Å². The van der Waals surface area contributed by atoms with Crippen LogP contribution in [0.4, 0.5) is 0 Å². The summed E-state index contributed by atoms with van der Waals surface area (Å²) in [5.41, 5.74) is 0. The molecule has 1 aromatic heterocycles. The third-order valence-corrected chi connectivity index (χ3v) is 2.59. The third kappa shape index (κ3) is 1.32. The summed E-state index contributed by atoms with van der Waals surface area (Å²) in [5, 5.41) is 3.39. The summed E-state index contributed by atoms with van der Waals surface area (Å²) < 4.78 is 1.90. The van der Waals surface area contributed by atoms with Crippen molar-refractivity contribution >= 4 is 16.1 Å². The van der Waals surface area contributed by atoms with Crippen LogP contribution in [0.3, 0.4) is 0 Å². The molecule has 2 heterocycles. The summed E-state index contributed by atoms with van der Waals surface area (Å²) in [6.45, 7) is 1.12. The van der Waals surface area contributed by atoms with E-state index in [1.807, 2.05) is 16.0 Å². The zero-order valence-electron chi connectivity index (χ0n) is 6.13.